The van der Waals surface area contributed by atoms with Crippen LogP contribution >= 0.6 is 11.6 Å². The van der Waals surface area contributed by atoms with Gasteiger partial charge in [0.15, 0.2) is 0 Å². The highest BCUT2D eigenvalue weighted by atomic mass is 35.5. The minimum Gasteiger partial charge on any atom is -0.355 e. The van der Waals surface area contributed by atoms with Crippen molar-refractivity contribution < 1.29 is 18.0 Å². The van der Waals surface area contributed by atoms with Gasteiger partial charge in [0.05, 0.1) is 11.3 Å². The smallest absolute Gasteiger partial charge is 0.355 e. The van der Waals surface area contributed by atoms with Gasteiger partial charge in [0.2, 0.25) is 5.91 Å². The van der Waals surface area contributed by atoms with Crippen molar-refractivity contribution in [3.8, 4) is 0 Å². The number of benzene rings is 1. The topological polar surface area (TPSA) is 54.0 Å². The number of carbonyl (C=O) groups excluding carboxylic acids is 1. The Morgan fingerprint density at radius 2 is 1.96 bits per heavy atom. The van der Waals surface area contributed by atoms with E-state index in [-0.39, 0.29) is 10.8 Å². The molecule has 2 aromatic rings. The van der Waals surface area contributed by atoms with Crippen molar-refractivity contribution in [3.05, 3.63) is 59.9 Å². The average molecular weight is 342 g/mol. The first-order chi connectivity index (χ1) is 10.8. The summed E-state index contributed by atoms with van der Waals surface area (Å²) in [6, 6.07) is 7.29. The van der Waals surface area contributed by atoms with Crippen LogP contribution in [-0.2, 0) is 11.0 Å². The first kappa shape index (κ1) is 16.8. The van der Waals surface area contributed by atoms with Crippen molar-refractivity contribution in [2.75, 3.05) is 10.6 Å². The maximum Gasteiger partial charge on any atom is 0.419 e. The van der Waals surface area contributed by atoms with Gasteiger partial charge in [-0.3, -0.25) is 4.79 Å². The predicted octanol–water partition coefficient (Wildman–Crippen LogP) is 4.62. The molecule has 0 bridgehead atoms. The zero-order valence-electron chi connectivity index (χ0n) is 11.6. The summed E-state index contributed by atoms with van der Waals surface area (Å²) in [5.41, 5.74) is -0.416. The summed E-state index contributed by atoms with van der Waals surface area (Å²) in [5.74, 6) is -0.426. The standard InChI is InChI=1S/C15H11ClF3N3O/c1-2-14(23)22-10-5-3-4-9(6-10)21-12-7-13(16)20-8-11(12)15(17,18)19/h2-8H,1H2,(H,20,21)(H,22,23). The van der Waals surface area contributed by atoms with Gasteiger partial charge in [0.25, 0.3) is 0 Å². The number of amides is 1. The summed E-state index contributed by atoms with van der Waals surface area (Å²) in [6.07, 6.45) is -2.83. The molecule has 8 heteroatoms. The fourth-order valence-corrected chi connectivity index (χ4v) is 1.94. The lowest BCUT2D eigenvalue weighted by atomic mass is 10.2. The molecule has 0 spiro atoms. The van der Waals surface area contributed by atoms with Crippen LogP contribution in [0.3, 0.4) is 0 Å². The molecule has 0 saturated carbocycles. The zero-order chi connectivity index (χ0) is 17.0. The molecule has 120 valence electrons. The Bertz CT molecular complexity index is 747. The van der Waals surface area contributed by atoms with Gasteiger partial charge < -0.3 is 10.6 Å². The molecule has 4 nitrogen and oxygen atoms in total. The highest BCUT2D eigenvalue weighted by molar-refractivity contribution is 6.29. The SMILES string of the molecule is C=CC(=O)Nc1cccc(Nc2cc(Cl)ncc2C(F)(F)F)c1. The number of hydrogen-bond acceptors (Lipinski definition) is 3. The van der Waals surface area contributed by atoms with Crippen LogP contribution in [0.15, 0.2) is 49.2 Å². The van der Waals surface area contributed by atoms with Crippen molar-refractivity contribution in [2.45, 2.75) is 6.18 Å². The van der Waals surface area contributed by atoms with Gasteiger partial charge in [0.1, 0.15) is 5.15 Å². The molecular formula is C15H11ClF3N3O. The van der Waals surface area contributed by atoms with E-state index >= 15 is 0 Å². The molecule has 0 radical (unpaired) electrons. The second-order valence-electron chi connectivity index (χ2n) is 4.45. The molecule has 2 N–H and O–H groups in total. The van der Waals surface area contributed by atoms with E-state index in [0.29, 0.717) is 17.6 Å². The van der Waals surface area contributed by atoms with Crippen LogP contribution < -0.4 is 10.6 Å². The zero-order valence-corrected chi connectivity index (χ0v) is 12.4. The molecule has 23 heavy (non-hydrogen) atoms. The number of rotatable bonds is 4. The third-order valence-corrected chi connectivity index (χ3v) is 2.98. The largest absolute Gasteiger partial charge is 0.419 e. The number of anilines is 3. The number of nitrogens with zero attached hydrogens (tertiary/aromatic N) is 1. The summed E-state index contributed by atoms with van der Waals surface area (Å²) in [6.45, 7) is 3.32. The minimum absolute atomic E-state index is 0.0726. The third-order valence-electron chi connectivity index (χ3n) is 2.77. The number of nitrogens with one attached hydrogen (secondary N) is 2. The predicted molar refractivity (Wildman–Crippen MR) is 82.8 cm³/mol. The monoisotopic (exact) mass is 341 g/mol. The first-order valence-electron chi connectivity index (χ1n) is 6.33. The highest BCUT2D eigenvalue weighted by Gasteiger charge is 2.34. The number of carbonyl (C=O) groups is 1. The molecule has 2 rings (SSSR count). The van der Waals surface area contributed by atoms with Crippen LogP contribution in [-0.4, -0.2) is 10.9 Å². The van der Waals surface area contributed by atoms with Gasteiger partial charge in [-0.2, -0.15) is 13.2 Å². The normalized spacial score (nSPS) is 11.0. The van der Waals surface area contributed by atoms with Gasteiger partial charge in [-0.1, -0.05) is 24.2 Å². The van der Waals surface area contributed by atoms with Gasteiger partial charge in [0, 0.05) is 17.6 Å². The molecule has 0 fully saturated rings. The molecule has 1 heterocycles. The third kappa shape index (κ3) is 4.46. The molecule has 0 aliphatic heterocycles. The minimum atomic E-state index is -4.57. The fourth-order valence-electron chi connectivity index (χ4n) is 1.78. The fraction of sp³-hybridized carbons (Fsp3) is 0.0667. The second-order valence-corrected chi connectivity index (χ2v) is 4.84. The number of halogens is 4. The number of alkyl halides is 3. The lowest BCUT2D eigenvalue weighted by molar-refractivity contribution is -0.137. The lowest BCUT2D eigenvalue weighted by Crippen LogP contribution is -2.10. The summed E-state index contributed by atoms with van der Waals surface area (Å²) in [7, 11) is 0. The number of pyridine rings is 1. The van der Waals surface area contributed by atoms with E-state index in [2.05, 4.69) is 22.2 Å². The van der Waals surface area contributed by atoms with Crippen LogP contribution in [0.25, 0.3) is 0 Å². The Morgan fingerprint density at radius 3 is 2.61 bits per heavy atom. The summed E-state index contributed by atoms with van der Waals surface area (Å²) in [5, 5.41) is 5.07. The van der Waals surface area contributed by atoms with Crippen LogP contribution in [0.4, 0.5) is 30.2 Å². The maximum atomic E-state index is 13.0. The van der Waals surface area contributed by atoms with Gasteiger partial charge in [-0.25, -0.2) is 4.98 Å². The Kier molecular flexibility index (Phi) is 4.90. The first-order valence-corrected chi connectivity index (χ1v) is 6.70. The molecule has 0 aliphatic rings. The Labute approximate surface area is 135 Å². The molecule has 0 aliphatic carbocycles. The molecular weight excluding hydrogens is 331 g/mol. The summed E-state index contributed by atoms with van der Waals surface area (Å²) < 4.78 is 39.0. The molecule has 0 saturated heterocycles. The summed E-state index contributed by atoms with van der Waals surface area (Å²) >= 11 is 5.67. The Hall–Kier alpha value is -2.54. The van der Waals surface area contributed by atoms with E-state index < -0.39 is 17.6 Å². The van der Waals surface area contributed by atoms with E-state index in [1.165, 1.54) is 6.07 Å². The van der Waals surface area contributed by atoms with E-state index in [0.717, 1.165) is 12.1 Å². The maximum absolute atomic E-state index is 13.0. The Balaban J connectivity index is 2.32. The van der Waals surface area contributed by atoms with Crippen molar-refractivity contribution in [3.63, 3.8) is 0 Å². The van der Waals surface area contributed by atoms with E-state index in [9.17, 15) is 18.0 Å². The number of aromatic nitrogens is 1. The quantitative estimate of drug-likeness (QED) is 0.630. The second kappa shape index (κ2) is 6.70. The molecule has 0 atom stereocenters. The van der Waals surface area contributed by atoms with Crippen LogP contribution in [0.2, 0.25) is 5.15 Å². The molecule has 1 aromatic carbocycles. The van der Waals surface area contributed by atoms with Gasteiger partial charge >= 0.3 is 6.18 Å². The number of hydrogen-bond donors (Lipinski definition) is 2. The van der Waals surface area contributed by atoms with E-state index in [1.807, 2.05) is 0 Å². The molecule has 1 aromatic heterocycles. The van der Waals surface area contributed by atoms with Crippen LogP contribution in [0.5, 0.6) is 0 Å². The average Bonchev–Trinajstić information content (AvgIpc) is 2.46. The molecule has 1 amide bonds. The van der Waals surface area contributed by atoms with Crippen LogP contribution in [0.1, 0.15) is 5.56 Å². The van der Waals surface area contributed by atoms with Crippen molar-refractivity contribution in [1.29, 1.82) is 0 Å². The van der Waals surface area contributed by atoms with E-state index in [4.69, 9.17) is 11.6 Å². The highest BCUT2D eigenvalue weighted by Crippen LogP contribution is 2.36. The van der Waals surface area contributed by atoms with Gasteiger partial charge in [-0.05, 0) is 30.3 Å². The van der Waals surface area contributed by atoms with Crippen molar-refractivity contribution in [2.24, 2.45) is 0 Å². The lowest BCUT2D eigenvalue weighted by Gasteiger charge is -2.15. The van der Waals surface area contributed by atoms with Crippen LogP contribution in [0, 0.1) is 0 Å². The summed E-state index contributed by atoms with van der Waals surface area (Å²) in [4.78, 5) is 14.7. The Morgan fingerprint density at radius 1 is 1.26 bits per heavy atom. The van der Waals surface area contributed by atoms with Crippen molar-refractivity contribution >= 4 is 34.6 Å². The van der Waals surface area contributed by atoms with Gasteiger partial charge in [-0.15, -0.1) is 0 Å². The van der Waals surface area contributed by atoms with E-state index in [1.54, 1.807) is 18.2 Å². The van der Waals surface area contributed by atoms with Crippen molar-refractivity contribution in [1.82, 2.24) is 4.98 Å². The molecule has 0 unspecified atom stereocenters.